The number of carbonyl (C=O) groups is 3. The van der Waals surface area contributed by atoms with Crippen molar-refractivity contribution in [2.75, 3.05) is 44.6 Å². The van der Waals surface area contributed by atoms with Crippen LogP contribution in [0.25, 0.3) is 0 Å². The predicted octanol–water partition coefficient (Wildman–Crippen LogP) is 0.867. The number of rotatable bonds is 5. The van der Waals surface area contributed by atoms with E-state index in [0.717, 1.165) is 0 Å². The number of amides is 4. The number of urea groups is 1. The number of nitrogens with one attached hydrogen (secondary N) is 3. The molecule has 0 spiro atoms. The molecule has 3 N–H and O–H groups in total. The summed E-state index contributed by atoms with van der Waals surface area (Å²) in [6.45, 7) is 9.15. The summed E-state index contributed by atoms with van der Waals surface area (Å²) in [5.41, 5.74) is 0.391. The predicted molar refractivity (Wildman–Crippen MR) is 104 cm³/mol. The maximum Gasteiger partial charge on any atom is 0.325 e. The normalized spacial score (nSPS) is 15.8. The van der Waals surface area contributed by atoms with E-state index < -0.39 is 6.03 Å². The van der Waals surface area contributed by atoms with Crippen molar-refractivity contribution in [1.29, 1.82) is 0 Å². The van der Waals surface area contributed by atoms with E-state index in [1.165, 1.54) is 0 Å². The number of carbonyl (C=O) groups excluding carboxylic acids is 3. The quantitative estimate of drug-likeness (QED) is 0.710. The van der Waals surface area contributed by atoms with Crippen LogP contribution >= 0.6 is 0 Å². The molecule has 0 bridgehead atoms. The Morgan fingerprint density at radius 2 is 1.41 bits per heavy atom. The first-order valence-corrected chi connectivity index (χ1v) is 9.13. The van der Waals surface area contributed by atoms with Crippen molar-refractivity contribution < 1.29 is 14.4 Å². The summed E-state index contributed by atoms with van der Waals surface area (Å²) in [6, 6.07) is 8.42. The van der Waals surface area contributed by atoms with Crippen LogP contribution in [0.15, 0.2) is 30.3 Å². The Hall–Kier alpha value is -2.45. The number of hydrogen-bond donors (Lipinski definition) is 3. The molecule has 1 saturated heterocycles. The van der Waals surface area contributed by atoms with Crippen LogP contribution in [-0.2, 0) is 9.59 Å². The fourth-order valence-electron chi connectivity index (χ4n) is 2.82. The Kier molecular flexibility index (Phi) is 7.32. The monoisotopic (exact) mass is 375 g/mol. The van der Waals surface area contributed by atoms with Crippen molar-refractivity contribution in [3.05, 3.63) is 30.3 Å². The van der Waals surface area contributed by atoms with E-state index in [1.807, 2.05) is 31.7 Å². The van der Waals surface area contributed by atoms with Gasteiger partial charge in [0.1, 0.15) is 0 Å². The molecule has 27 heavy (non-hydrogen) atoms. The number of nitrogens with zero attached hydrogens (tertiary/aromatic N) is 2. The molecule has 1 aromatic carbocycles. The molecule has 0 atom stereocenters. The molecule has 1 heterocycles. The van der Waals surface area contributed by atoms with E-state index in [2.05, 4.69) is 20.9 Å². The zero-order valence-electron chi connectivity index (χ0n) is 16.2. The smallest absolute Gasteiger partial charge is 0.325 e. The molecule has 8 nitrogen and oxygen atoms in total. The zero-order valence-corrected chi connectivity index (χ0v) is 16.2. The Morgan fingerprint density at radius 1 is 0.889 bits per heavy atom. The van der Waals surface area contributed by atoms with Crippen LogP contribution in [0, 0.1) is 0 Å². The first-order chi connectivity index (χ1) is 12.7. The largest absolute Gasteiger partial charge is 0.350 e. The molecule has 0 aromatic heterocycles. The molecule has 1 aromatic rings. The summed E-state index contributed by atoms with van der Waals surface area (Å²) < 4.78 is 0. The summed E-state index contributed by atoms with van der Waals surface area (Å²) in [5, 5.41) is 7.90. The van der Waals surface area contributed by atoms with Gasteiger partial charge in [-0.1, -0.05) is 18.2 Å². The van der Waals surface area contributed by atoms with E-state index in [9.17, 15) is 14.4 Å². The highest BCUT2D eigenvalue weighted by Gasteiger charge is 2.22. The van der Waals surface area contributed by atoms with Crippen molar-refractivity contribution >= 4 is 23.5 Å². The lowest BCUT2D eigenvalue weighted by Gasteiger charge is -2.34. The van der Waals surface area contributed by atoms with E-state index in [-0.39, 0.29) is 23.9 Å². The molecular formula is C19H29N5O3. The van der Waals surface area contributed by atoms with Gasteiger partial charge in [-0.05, 0) is 32.9 Å². The molecule has 0 radical (unpaired) electrons. The third-order valence-electron chi connectivity index (χ3n) is 4.00. The fourth-order valence-corrected chi connectivity index (χ4v) is 2.82. The topological polar surface area (TPSA) is 93.8 Å². The Labute approximate surface area is 160 Å². The summed E-state index contributed by atoms with van der Waals surface area (Å²) in [5.74, 6) is -0.339. The minimum absolute atomic E-state index is 0.00581. The van der Waals surface area contributed by atoms with E-state index >= 15 is 0 Å². The number of imide groups is 1. The molecule has 148 valence electrons. The molecule has 1 aliphatic rings. The third kappa shape index (κ3) is 8.19. The summed E-state index contributed by atoms with van der Waals surface area (Å²) in [7, 11) is 0. The molecule has 1 aliphatic heterocycles. The second-order valence-corrected chi connectivity index (χ2v) is 7.72. The van der Waals surface area contributed by atoms with Gasteiger partial charge in [0.15, 0.2) is 0 Å². The fraction of sp³-hybridized carbons (Fsp3) is 0.526. The van der Waals surface area contributed by atoms with Crippen LogP contribution in [0.4, 0.5) is 10.5 Å². The zero-order chi connectivity index (χ0) is 19.9. The van der Waals surface area contributed by atoms with Gasteiger partial charge in [0.25, 0.3) is 0 Å². The highest BCUT2D eigenvalue weighted by molar-refractivity contribution is 6.01. The molecule has 4 amide bonds. The Bertz CT molecular complexity index is 649. The van der Waals surface area contributed by atoms with E-state index in [4.69, 9.17) is 0 Å². The van der Waals surface area contributed by atoms with Crippen LogP contribution in [0.2, 0.25) is 0 Å². The SMILES string of the molecule is CC(C)(C)NC(=O)CN1CCN(CC(=O)NC(=O)Nc2ccccc2)CC1. The van der Waals surface area contributed by atoms with Crippen LogP contribution in [0.3, 0.4) is 0 Å². The lowest BCUT2D eigenvalue weighted by molar-refractivity contribution is -0.125. The summed E-state index contributed by atoms with van der Waals surface area (Å²) in [4.78, 5) is 39.9. The highest BCUT2D eigenvalue weighted by atomic mass is 16.2. The van der Waals surface area contributed by atoms with Gasteiger partial charge < -0.3 is 10.6 Å². The van der Waals surface area contributed by atoms with Crippen molar-refractivity contribution in [2.45, 2.75) is 26.3 Å². The maximum atomic E-state index is 12.0. The van der Waals surface area contributed by atoms with Crippen molar-refractivity contribution in [3.63, 3.8) is 0 Å². The summed E-state index contributed by atoms with van der Waals surface area (Å²) in [6.07, 6.45) is 0. The molecule has 2 rings (SSSR count). The molecule has 0 saturated carbocycles. The van der Waals surface area contributed by atoms with Crippen LogP contribution in [0.5, 0.6) is 0 Å². The third-order valence-corrected chi connectivity index (χ3v) is 4.00. The first-order valence-electron chi connectivity index (χ1n) is 9.13. The number of hydrogen-bond acceptors (Lipinski definition) is 5. The standard InChI is InChI=1S/C19H29N5O3/c1-19(2,3)22-17(26)14-24-11-9-23(10-12-24)13-16(25)21-18(27)20-15-7-5-4-6-8-15/h4-8H,9-14H2,1-3H3,(H,22,26)(H2,20,21,25,27). The first kappa shape index (κ1) is 20.9. The van der Waals surface area contributed by atoms with Crippen molar-refractivity contribution in [2.24, 2.45) is 0 Å². The minimum Gasteiger partial charge on any atom is -0.350 e. The van der Waals surface area contributed by atoms with Crippen LogP contribution in [-0.4, -0.2) is 72.5 Å². The molecule has 1 fully saturated rings. The van der Waals surface area contributed by atoms with Crippen LogP contribution in [0.1, 0.15) is 20.8 Å². The average molecular weight is 375 g/mol. The highest BCUT2D eigenvalue weighted by Crippen LogP contribution is 2.05. The van der Waals surface area contributed by atoms with E-state index in [1.54, 1.807) is 24.3 Å². The summed E-state index contributed by atoms with van der Waals surface area (Å²) >= 11 is 0. The molecular weight excluding hydrogens is 346 g/mol. The average Bonchev–Trinajstić information content (AvgIpc) is 2.55. The lowest BCUT2D eigenvalue weighted by atomic mass is 10.1. The van der Waals surface area contributed by atoms with Gasteiger partial charge in [0, 0.05) is 37.4 Å². The van der Waals surface area contributed by atoms with Crippen molar-refractivity contribution in [1.82, 2.24) is 20.4 Å². The Morgan fingerprint density at radius 3 is 1.93 bits per heavy atom. The number of benzene rings is 1. The van der Waals surface area contributed by atoms with E-state index in [0.29, 0.717) is 38.4 Å². The number of piperazine rings is 1. The van der Waals surface area contributed by atoms with Gasteiger partial charge in [0.2, 0.25) is 11.8 Å². The van der Waals surface area contributed by atoms with Gasteiger partial charge in [0.05, 0.1) is 13.1 Å². The second kappa shape index (κ2) is 9.48. The molecule has 8 heteroatoms. The van der Waals surface area contributed by atoms with Crippen LogP contribution < -0.4 is 16.0 Å². The Balaban J connectivity index is 1.67. The minimum atomic E-state index is -0.538. The maximum absolute atomic E-state index is 12.0. The van der Waals surface area contributed by atoms with Gasteiger partial charge in [-0.2, -0.15) is 0 Å². The molecule has 0 aliphatic carbocycles. The van der Waals surface area contributed by atoms with Gasteiger partial charge in [-0.15, -0.1) is 0 Å². The number of para-hydroxylation sites is 1. The van der Waals surface area contributed by atoms with Crippen molar-refractivity contribution in [3.8, 4) is 0 Å². The van der Waals surface area contributed by atoms with Gasteiger partial charge in [-0.25, -0.2) is 4.79 Å². The lowest BCUT2D eigenvalue weighted by Crippen LogP contribution is -2.53. The number of anilines is 1. The second-order valence-electron chi connectivity index (χ2n) is 7.72. The van der Waals surface area contributed by atoms with Gasteiger partial charge in [-0.3, -0.25) is 24.7 Å². The molecule has 0 unspecified atom stereocenters. The van der Waals surface area contributed by atoms with Gasteiger partial charge >= 0.3 is 6.03 Å².